The second-order valence-corrected chi connectivity index (χ2v) is 6.79. The Bertz CT molecular complexity index is 885. The number of pyridine rings is 1. The molecule has 0 aliphatic rings. The summed E-state index contributed by atoms with van der Waals surface area (Å²) in [4.78, 5) is 9.28. The maximum Gasteiger partial charge on any atom is 0.191 e. The molecular formula is C22H29N5O. The van der Waals surface area contributed by atoms with Crippen LogP contribution in [0.1, 0.15) is 25.1 Å². The first kappa shape index (κ1) is 19.7. The van der Waals surface area contributed by atoms with Crippen LogP contribution in [-0.2, 0) is 6.42 Å². The molecule has 28 heavy (non-hydrogen) atoms. The van der Waals surface area contributed by atoms with Gasteiger partial charge in [-0.05, 0) is 44.5 Å². The quantitative estimate of drug-likeness (QED) is 0.466. The minimum absolute atomic E-state index is 0.00463. The predicted octanol–water partition coefficient (Wildman–Crippen LogP) is 3.21. The number of aryl methyl sites for hydroxylation is 1. The van der Waals surface area contributed by atoms with Crippen LogP contribution < -0.4 is 15.4 Å². The first-order chi connectivity index (χ1) is 13.7. The van der Waals surface area contributed by atoms with E-state index in [4.69, 9.17) is 4.74 Å². The molecule has 0 saturated carbocycles. The highest BCUT2D eigenvalue weighted by Crippen LogP contribution is 2.17. The molecule has 0 aliphatic carbocycles. The molecule has 0 fully saturated rings. The summed E-state index contributed by atoms with van der Waals surface area (Å²) in [6.07, 6.45) is 4.91. The third kappa shape index (κ3) is 5.49. The molecule has 3 aromatic rings. The van der Waals surface area contributed by atoms with Crippen molar-refractivity contribution in [3.63, 3.8) is 0 Å². The molecule has 148 valence electrons. The van der Waals surface area contributed by atoms with Crippen LogP contribution in [0, 0.1) is 6.92 Å². The van der Waals surface area contributed by atoms with E-state index in [0.717, 1.165) is 48.1 Å². The Hall–Kier alpha value is -3.02. The summed E-state index contributed by atoms with van der Waals surface area (Å²) in [5.41, 5.74) is 3.17. The van der Waals surface area contributed by atoms with Gasteiger partial charge in [0.15, 0.2) is 5.96 Å². The molecule has 6 nitrogen and oxygen atoms in total. The molecule has 2 N–H and O–H groups in total. The van der Waals surface area contributed by atoms with E-state index in [0.29, 0.717) is 6.54 Å². The molecule has 0 radical (unpaired) electrons. The first-order valence-electron chi connectivity index (χ1n) is 9.82. The molecule has 3 rings (SSSR count). The largest absolute Gasteiger partial charge is 0.489 e. The van der Waals surface area contributed by atoms with E-state index < -0.39 is 0 Å². The highest BCUT2D eigenvalue weighted by Gasteiger charge is 2.07. The Morgan fingerprint density at radius 2 is 2.00 bits per heavy atom. The van der Waals surface area contributed by atoms with Crippen molar-refractivity contribution >= 4 is 11.6 Å². The number of hydrogen-bond donors (Lipinski definition) is 2. The predicted molar refractivity (Wildman–Crippen MR) is 114 cm³/mol. The molecular weight excluding hydrogens is 350 g/mol. The lowest BCUT2D eigenvalue weighted by Gasteiger charge is -2.16. The number of aliphatic imine (C=N–C) groups is 1. The van der Waals surface area contributed by atoms with Gasteiger partial charge >= 0.3 is 0 Å². The third-order valence-corrected chi connectivity index (χ3v) is 4.36. The van der Waals surface area contributed by atoms with E-state index in [1.165, 1.54) is 0 Å². The summed E-state index contributed by atoms with van der Waals surface area (Å²) in [6.45, 7) is 8.31. The van der Waals surface area contributed by atoms with Crippen molar-refractivity contribution in [1.29, 1.82) is 0 Å². The summed E-state index contributed by atoms with van der Waals surface area (Å²) in [5, 5.41) is 6.66. The van der Waals surface area contributed by atoms with E-state index >= 15 is 0 Å². The van der Waals surface area contributed by atoms with E-state index in [-0.39, 0.29) is 6.10 Å². The first-order valence-corrected chi connectivity index (χ1v) is 9.82. The van der Waals surface area contributed by atoms with Crippen molar-refractivity contribution in [3.8, 4) is 5.75 Å². The van der Waals surface area contributed by atoms with Gasteiger partial charge in [-0.25, -0.2) is 9.98 Å². The average Bonchev–Trinajstić information content (AvgIpc) is 3.11. The molecule has 1 atom stereocenters. The summed E-state index contributed by atoms with van der Waals surface area (Å²) < 4.78 is 8.05. The standard InChI is InChI=1S/C22H29N5O/c1-4-23-22(25-15-18(3)28-20-10-6-5-9-17(20)2)24-13-12-19-16-27-14-8-7-11-21(27)26-19/h5-11,14,16,18H,4,12-13,15H2,1-3H3,(H2,23,24,25). The van der Waals surface area contributed by atoms with Crippen LogP contribution in [0.2, 0.25) is 0 Å². The second kappa shape index (κ2) is 9.78. The molecule has 0 bridgehead atoms. The van der Waals surface area contributed by atoms with Gasteiger partial charge in [0.25, 0.3) is 0 Å². The van der Waals surface area contributed by atoms with Crippen LogP contribution in [0.25, 0.3) is 5.65 Å². The number of nitrogens with one attached hydrogen (secondary N) is 2. The molecule has 0 aliphatic heterocycles. The fraction of sp³-hybridized carbons (Fsp3) is 0.364. The second-order valence-electron chi connectivity index (χ2n) is 6.79. The molecule has 1 aromatic carbocycles. The van der Waals surface area contributed by atoms with Crippen LogP contribution in [0.15, 0.2) is 59.9 Å². The number of fused-ring (bicyclic) bond motifs is 1. The maximum atomic E-state index is 6.01. The SMILES string of the molecule is CCNC(=NCC(C)Oc1ccccc1C)NCCc1cn2ccccc2n1. The zero-order chi connectivity index (χ0) is 19.8. The van der Waals surface area contributed by atoms with Crippen LogP contribution >= 0.6 is 0 Å². The van der Waals surface area contributed by atoms with E-state index in [9.17, 15) is 0 Å². The van der Waals surface area contributed by atoms with Crippen molar-refractivity contribution in [2.45, 2.75) is 33.3 Å². The van der Waals surface area contributed by atoms with Crippen molar-refractivity contribution < 1.29 is 4.74 Å². The van der Waals surface area contributed by atoms with Gasteiger partial charge in [0.1, 0.15) is 17.5 Å². The third-order valence-electron chi connectivity index (χ3n) is 4.36. The number of aromatic nitrogens is 2. The summed E-state index contributed by atoms with van der Waals surface area (Å²) in [6, 6.07) is 14.1. The average molecular weight is 380 g/mol. The lowest BCUT2D eigenvalue weighted by atomic mass is 10.2. The van der Waals surface area contributed by atoms with Crippen LogP contribution in [0.3, 0.4) is 0 Å². The van der Waals surface area contributed by atoms with Crippen LogP contribution in [-0.4, -0.2) is 41.1 Å². The number of benzene rings is 1. The van der Waals surface area contributed by atoms with Gasteiger partial charge in [0, 0.05) is 31.9 Å². The van der Waals surface area contributed by atoms with Crippen LogP contribution in [0.5, 0.6) is 5.75 Å². The Morgan fingerprint density at radius 3 is 2.79 bits per heavy atom. The molecule has 2 heterocycles. The smallest absolute Gasteiger partial charge is 0.191 e. The van der Waals surface area contributed by atoms with Gasteiger partial charge in [-0.15, -0.1) is 0 Å². The fourth-order valence-corrected chi connectivity index (χ4v) is 2.92. The molecule has 1 unspecified atom stereocenters. The number of nitrogens with zero attached hydrogens (tertiary/aromatic N) is 3. The highest BCUT2D eigenvalue weighted by molar-refractivity contribution is 5.79. The highest BCUT2D eigenvalue weighted by atomic mass is 16.5. The van der Waals surface area contributed by atoms with Gasteiger partial charge in [-0.2, -0.15) is 0 Å². The van der Waals surface area contributed by atoms with E-state index in [2.05, 4.69) is 46.7 Å². The molecule has 0 spiro atoms. The van der Waals surface area contributed by atoms with E-state index in [1.807, 2.05) is 53.9 Å². The normalized spacial score (nSPS) is 12.8. The lowest BCUT2D eigenvalue weighted by Crippen LogP contribution is -2.39. The minimum Gasteiger partial charge on any atom is -0.489 e. The number of para-hydroxylation sites is 1. The number of imidazole rings is 1. The van der Waals surface area contributed by atoms with Crippen LogP contribution in [0.4, 0.5) is 0 Å². The van der Waals surface area contributed by atoms with Gasteiger partial charge in [-0.3, -0.25) is 0 Å². The topological polar surface area (TPSA) is 63.0 Å². The number of guanidine groups is 1. The van der Waals surface area contributed by atoms with E-state index in [1.54, 1.807) is 0 Å². The zero-order valence-corrected chi connectivity index (χ0v) is 16.9. The molecule has 0 saturated heterocycles. The number of hydrogen-bond acceptors (Lipinski definition) is 3. The summed E-state index contributed by atoms with van der Waals surface area (Å²) in [7, 11) is 0. The summed E-state index contributed by atoms with van der Waals surface area (Å²) >= 11 is 0. The van der Waals surface area contributed by atoms with Crippen molar-refractivity contribution in [2.75, 3.05) is 19.6 Å². The number of rotatable bonds is 8. The van der Waals surface area contributed by atoms with Gasteiger partial charge < -0.3 is 19.8 Å². The van der Waals surface area contributed by atoms with Gasteiger partial charge in [0.05, 0.1) is 12.2 Å². The van der Waals surface area contributed by atoms with Crippen molar-refractivity contribution in [1.82, 2.24) is 20.0 Å². The Morgan fingerprint density at radius 1 is 1.18 bits per heavy atom. The van der Waals surface area contributed by atoms with Gasteiger partial charge in [-0.1, -0.05) is 24.3 Å². The maximum absolute atomic E-state index is 6.01. The Labute approximate surface area is 166 Å². The minimum atomic E-state index is -0.00463. The zero-order valence-electron chi connectivity index (χ0n) is 16.9. The van der Waals surface area contributed by atoms with Crippen molar-refractivity contribution in [2.24, 2.45) is 4.99 Å². The summed E-state index contributed by atoms with van der Waals surface area (Å²) in [5.74, 6) is 1.71. The number of ether oxygens (including phenoxy) is 1. The Kier molecular flexibility index (Phi) is 6.89. The molecule has 2 aromatic heterocycles. The fourth-order valence-electron chi connectivity index (χ4n) is 2.92. The molecule has 6 heteroatoms. The monoisotopic (exact) mass is 379 g/mol. The Balaban J connectivity index is 1.51. The molecule has 0 amide bonds. The van der Waals surface area contributed by atoms with Gasteiger partial charge in [0.2, 0.25) is 0 Å². The van der Waals surface area contributed by atoms with Crippen molar-refractivity contribution in [3.05, 3.63) is 66.1 Å². The lowest BCUT2D eigenvalue weighted by molar-refractivity contribution is 0.228.